The SMILES string of the molecule is Fc1cc(F)c(N2CCN(C[C@@H](Cc3ccccc3)N3CCC4(CCCC4)CC3)CC2)cc1F. The monoisotopic (exact) mass is 471 g/mol. The van der Waals surface area contributed by atoms with Gasteiger partial charge in [0, 0.05) is 50.9 Å². The van der Waals surface area contributed by atoms with Crippen molar-refractivity contribution in [2.24, 2.45) is 5.41 Å². The van der Waals surface area contributed by atoms with Crippen molar-refractivity contribution >= 4 is 5.69 Å². The molecule has 0 bridgehead atoms. The lowest BCUT2D eigenvalue weighted by Crippen LogP contribution is -2.54. The Bertz CT molecular complexity index is 943. The smallest absolute Gasteiger partial charge is 0.161 e. The summed E-state index contributed by atoms with van der Waals surface area (Å²) >= 11 is 0. The van der Waals surface area contributed by atoms with Crippen molar-refractivity contribution in [2.75, 3.05) is 50.7 Å². The van der Waals surface area contributed by atoms with E-state index in [2.05, 4.69) is 40.1 Å². The summed E-state index contributed by atoms with van der Waals surface area (Å²) < 4.78 is 41.3. The second-order valence-corrected chi connectivity index (χ2v) is 10.6. The van der Waals surface area contributed by atoms with Crippen LogP contribution in [0.5, 0.6) is 0 Å². The predicted molar refractivity (Wildman–Crippen MR) is 131 cm³/mol. The Hall–Kier alpha value is -2.05. The quantitative estimate of drug-likeness (QED) is 0.516. The van der Waals surface area contributed by atoms with Crippen molar-refractivity contribution in [1.29, 1.82) is 0 Å². The summed E-state index contributed by atoms with van der Waals surface area (Å²) in [6, 6.07) is 12.8. The van der Waals surface area contributed by atoms with E-state index in [9.17, 15) is 13.2 Å². The molecule has 5 rings (SSSR count). The maximum atomic E-state index is 14.3. The van der Waals surface area contributed by atoms with Gasteiger partial charge in [0.15, 0.2) is 11.6 Å². The second kappa shape index (κ2) is 10.3. The second-order valence-electron chi connectivity index (χ2n) is 10.6. The van der Waals surface area contributed by atoms with Gasteiger partial charge in [-0.1, -0.05) is 43.2 Å². The number of piperazine rings is 1. The van der Waals surface area contributed by atoms with Gasteiger partial charge >= 0.3 is 0 Å². The molecule has 2 aliphatic heterocycles. The maximum Gasteiger partial charge on any atom is 0.161 e. The number of rotatable bonds is 6. The van der Waals surface area contributed by atoms with Gasteiger partial charge in [-0.3, -0.25) is 9.80 Å². The first-order valence-corrected chi connectivity index (χ1v) is 12.9. The molecule has 2 heterocycles. The maximum absolute atomic E-state index is 14.3. The minimum absolute atomic E-state index is 0.164. The average molecular weight is 472 g/mol. The number of hydrogen-bond donors (Lipinski definition) is 0. The van der Waals surface area contributed by atoms with Gasteiger partial charge in [-0.2, -0.15) is 0 Å². The molecule has 2 saturated heterocycles. The third-order valence-electron chi connectivity index (χ3n) is 8.53. The fourth-order valence-electron chi connectivity index (χ4n) is 6.41. The average Bonchev–Trinajstić information content (AvgIpc) is 3.30. The molecule has 6 heteroatoms. The molecule has 34 heavy (non-hydrogen) atoms. The number of likely N-dealkylation sites (tertiary alicyclic amines) is 1. The highest BCUT2D eigenvalue weighted by atomic mass is 19.2. The molecule has 3 nitrogen and oxygen atoms in total. The lowest BCUT2D eigenvalue weighted by atomic mass is 9.76. The fourth-order valence-corrected chi connectivity index (χ4v) is 6.41. The predicted octanol–water partition coefficient (Wildman–Crippen LogP) is 5.49. The van der Waals surface area contributed by atoms with Crippen LogP contribution < -0.4 is 4.90 Å². The standard InChI is InChI=1S/C28H36F3N3/c29-24-19-26(31)27(20-25(24)30)34-16-14-32(15-17-34)21-23(18-22-6-2-1-3-7-22)33-12-10-28(11-13-33)8-4-5-9-28/h1-3,6-7,19-20,23H,4-5,8-18,21H2/t23-/m1/s1. The Morgan fingerprint density at radius 2 is 1.38 bits per heavy atom. The van der Waals surface area contributed by atoms with Crippen LogP contribution in [-0.4, -0.2) is 61.7 Å². The summed E-state index contributed by atoms with van der Waals surface area (Å²) in [7, 11) is 0. The summed E-state index contributed by atoms with van der Waals surface area (Å²) in [5.74, 6) is -2.82. The van der Waals surface area contributed by atoms with E-state index in [0.29, 0.717) is 30.6 Å². The molecule has 0 unspecified atom stereocenters. The van der Waals surface area contributed by atoms with Crippen LogP contribution in [0, 0.1) is 22.9 Å². The third-order valence-corrected chi connectivity index (χ3v) is 8.53. The zero-order valence-electron chi connectivity index (χ0n) is 20.0. The first-order chi connectivity index (χ1) is 16.5. The molecule has 3 aliphatic rings. The van der Waals surface area contributed by atoms with Crippen molar-refractivity contribution in [3.63, 3.8) is 0 Å². The number of piperidine rings is 1. The fraction of sp³-hybridized carbons (Fsp3) is 0.571. The van der Waals surface area contributed by atoms with E-state index >= 15 is 0 Å². The van der Waals surface area contributed by atoms with E-state index in [1.165, 1.54) is 57.2 Å². The minimum atomic E-state index is -1.13. The van der Waals surface area contributed by atoms with Crippen molar-refractivity contribution < 1.29 is 13.2 Å². The molecule has 3 fully saturated rings. The van der Waals surface area contributed by atoms with E-state index in [1.807, 2.05) is 4.90 Å². The molecule has 2 aromatic rings. The Labute approximate surface area is 201 Å². The first kappa shape index (κ1) is 23.7. The lowest BCUT2D eigenvalue weighted by Gasteiger charge is -2.45. The normalized spacial score (nSPS) is 22.4. The van der Waals surface area contributed by atoms with Gasteiger partial charge in [0.25, 0.3) is 0 Å². The van der Waals surface area contributed by atoms with Crippen LogP contribution in [0.1, 0.15) is 44.1 Å². The van der Waals surface area contributed by atoms with Crippen LogP contribution in [-0.2, 0) is 6.42 Å². The van der Waals surface area contributed by atoms with Crippen LogP contribution >= 0.6 is 0 Å². The number of benzene rings is 2. The molecule has 0 aromatic heterocycles. The Morgan fingerprint density at radius 1 is 0.735 bits per heavy atom. The van der Waals surface area contributed by atoms with Gasteiger partial charge in [-0.15, -0.1) is 0 Å². The highest BCUT2D eigenvalue weighted by Crippen LogP contribution is 2.46. The summed E-state index contributed by atoms with van der Waals surface area (Å²) in [4.78, 5) is 7.01. The topological polar surface area (TPSA) is 9.72 Å². The molecule has 2 aromatic carbocycles. The number of nitrogens with zero attached hydrogens (tertiary/aromatic N) is 3. The van der Waals surface area contributed by atoms with Gasteiger partial charge in [0.1, 0.15) is 5.82 Å². The van der Waals surface area contributed by atoms with Crippen LogP contribution in [0.15, 0.2) is 42.5 Å². The molecular formula is C28H36F3N3. The number of anilines is 1. The van der Waals surface area contributed by atoms with Gasteiger partial charge in [-0.25, -0.2) is 13.2 Å². The molecule has 0 amide bonds. The minimum Gasteiger partial charge on any atom is -0.367 e. The van der Waals surface area contributed by atoms with Crippen molar-refractivity contribution in [3.8, 4) is 0 Å². The van der Waals surface area contributed by atoms with Crippen molar-refractivity contribution in [1.82, 2.24) is 9.80 Å². The van der Waals surface area contributed by atoms with E-state index in [1.54, 1.807) is 0 Å². The molecule has 1 atom stereocenters. The summed E-state index contributed by atoms with van der Waals surface area (Å²) in [5.41, 5.74) is 2.14. The van der Waals surface area contributed by atoms with Crippen LogP contribution in [0.25, 0.3) is 0 Å². The molecule has 184 valence electrons. The number of halogens is 3. The van der Waals surface area contributed by atoms with Gasteiger partial charge in [0.2, 0.25) is 0 Å². The molecular weight excluding hydrogens is 435 g/mol. The van der Waals surface area contributed by atoms with Gasteiger partial charge in [0.05, 0.1) is 5.69 Å². The highest BCUT2D eigenvalue weighted by molar-refractivity contribution is 5.48. The van der Waals surface area contributed by atoms with Gasteiger partial charge in [-0.05, 0) is 56.2 Å². The largest absolute Gasteiger partial charge is 0.367 e. The first-order valence-electron chi connectivity index (χ1n) is 12.9. The Kier molecular flexibility index (Phi) is 7.16. The number of hydrogen-bond acceptors (Lipinski definition) is 3. The molecule has 0 N–H and O–H groups in total. The summed E-state index contributed by atoms with van der Waals surface area (Å²) in [5, 5.41) is 0. The zero-order chi connectivity index (χ0) is 23.5. The Balaban J connectivity index is 1.22. The van der Waals surface area contributed by atoms with E-state index in [-0.39, 0.29) is 5.69 Å². The zero-order valence-corrected chi connectivity index (χ0v) is 20.0. The van der Waals surface area contributed by atoms with Crippen LogP contribution in [0.2, 0.25) is 0 Å². The van der Waals surface area contributed by atoms with Crippen LogP contribution in [0.4, 0.5) is 18.9 Å². The third kappa shape index (κ3) is 5.28. The molecule has 0 radical (unpaired) electrons. The molecule has 1 saturated carbocycles. The van der Waals surface area contributed by atoms with Gasteiger partial charge < -0.3 is 4.90 Å². The molecule has 1 aliphatic carbocycles. The van der Waals surface area contributed by atoms with E-state index in [4.69, 9.17) is 0 Å². The lowest BCUT2D eigenvalue weighted by molar-refractivity contribution is 0.0575. The summed E-state index contributed by atoms with van der Waals surface area (Å²) in [6.45, 7) is 6.15. The van der Waals surface area contributed by atoms with E-state index in [0.717, 1.165) is 32.1 Å². The summed E-state index contributed by atoms with van der Waals surface area (Å²) in [6.07, 6.45) is 9.29. The Morgan fingerprint density at radius 3 is 2.06 bits per heavy atom. The van der Waals surface area contributed by atoms with E-state index < -0.39 is 17.5 Å². The van der Waals surface area contributed by atoms with Crippen molar-refractivity contribution in [2.45, 2.75) is 51.0 Å². The van der Waals surface area contributed by atoms with Crippen LogP contribution in [0.3, 0.4) is 0 Å². The highest BCUT2D eigenvalue weighted by Gasteiger charge is 2.38. The molecule has 1 spiro atoms. The van der Waals surface area contributed by atoms with Crippen molar-refractivity contribution in [3.05, 3.63) is 65.5 Å².